The smallest absolute Gasteiger partial charge is 0.166 e. The second-order valence-electron chi connectivity index (χ2n) is 6.03. The average Bonchev–Trinajstić information content (AvgIpc) is 3.03. The maximum Gasteiger partial charge on any atom is 0.166 e. The van der Waals surface area contributed by atoms with Crippen molar-refractivity contribution in [1.82, 2.24) is 0 Å². The van der Waals surface area contributed by atoms with Gasteiger partial charge in [0.25, 0.3) is 0 Å². The first kappa shape index (κ1) is 14.1. The monoisotopic (exact) mass is 340 g/mol. The third-order valence-electron chi connectivity index (χ3n) is 4.87. The van der Waals surface area contributed by atoms with Crippen LogP contribution in [0.1, 0.15) is 42.5 Å². The summed E-state index contributed by atoms with van der Waals surface area (Å²) in [7, 11) is 1.47. The minimum atomic E-state index is -0.404. The number of ether oxygens (including phenoxy) is 1. The predicted molar refractivity (Wildman–Crippen MR) is 78.5 cm³/mol. The zero-order chi connectivity index (χ0) is 14.3. The summed E-state index contributed by atoms with van der Waals surface area (Å²) in [5, 5.41) is 0. The Morgan fingerprint density at radius 2 is 2.20 bits per heavy atom. The molecule has 0 N–H and O–H groups in total. The Morgan fingerprint density at radius 1 is 1.40 bits per heavy atom. The van der Waals surface area contributed by atoms with Crippen LogP contribution < -0.4 is 4.74 Å². The topological polar surface area (TPSA) is 26.3 Å². The number of rotatable bonds is 4. The first-order valence-corrected chi connectivity index (χ1v) is 7.94. The van der Waals surface area contributed by atoms with E-state index in [1.165, 1.54) is 38.9 Å². The standard InChI is InChI=1S/C16H18BrFO2/c1-20-16-8-14(18)13(17)7-12(16)15(19)6-11-5-9-2-3-10(11)4-9/h7-11H,2-6H2,1H3. The van der Waals surface area contributed by atoms with E-state index in [-0.39, 0.29) is 5.78 Å². The second kappa shape index (κ2) is 5.47. The Bertz CT molecular complexity index is 544. The second-order valence-corrected chi connectivity index (χ2v) is 6.88. The molecule has 2 aliphatic carbocycles. The summed E-state index contributed by atoms with van der Waals surface area (Å²) in [4.78, 5) is 12.5. The molecule has 0 amide bonds. The van der Waals surface area contributed by atoms with E-state index in [4.69, 9.17) is 4.74 Å². The lowest BCUT2D eigenvalue weighted by molar-refractivity contribution is 0.0941. The Kier molecular flexibility index (Phi) is 3.85. The minimum Gasteiger partial charge on any atom is -0.496 e. The molecule has 0 spiro atoms. The minimum absolute atomic E-state index is 0.0695. The summed E-state index contributed by atoms with van der Waals surface area (Å²) in [6.07, 6.45) is 5.65. The van der Waals surface area contributed by atoms with Gasteiger partial charge in [-0.1, -0.05) is 6.42 Å². The highest BCUT2D eigenvalue weighted by atomic mass is 79.9. The number of benzene rings is 1. The molecule has 2 fully saturated rings. The summed E-state index contributed by atoms with van der Waals surface area (Å²) >= 11 is 3.14. The maximum atomic E-state index is 13.5. The number of methoxy groups -OCH3 is 1. The van der Waals surface area contributed by atoms with Gasteiger partial charge in [0.1, 0.15) is 11.6 Å². The molecular formula is C16H18BrFO2. The van der Waals surface area contributed by atoms with Gasteiger partial charge in [0.15, 0.2) is 5.78 Å². The number of halogens is 2. The van der Waals surface area contributed by atoms with Crippen LogP contribution >= 0.6 is 15.9 Å². The van der Waals surface area contributed by atoms with Crippen molar-refractivity contribution in [3.8, 4) is 5.75 Å². The molecule has 0 heterocycles. The molecular weight excluding hydrogens is 323 g/mol. The van der Waals surface area contributed by atoms with Crippen molar-refractivity contribution in [2.75, 3.05) is 7.11 Å². The van der Waals surface area contributed by atoms with Gasteiger partial charge in [-0.3, -0.25) is 4.79 Å². The average molecular weight is 341 g/mol. The first-order valence-electron chi connectivity index (χ1n) is 7.14. The van der Waals surface area contributed by atoms with Crippen molar-refractivity contribution < 1.29 is 13.9 Å². The highest BCUT2D eigenvalue weighted by molar-refractivity contribution is 9.10. The van der Waals surface area contributed by atoms with Gasteiger partial charge in [-0.2, -0.15) is 0 Å². The summed E-state index contributed by atoms with van der Waals surface area (Å²) in [5.74, 6) is 2.06. The largest absolute Gasteiger partial charge is 0.496 e. The van der Waals surface area contributed by atoms with Gasteiger partial charge in [-0.15, -0.1) is 0 Å². The molecule has 108 valence electrons. The van der Waals surface area contributed by atoms with Crippen LogP contribution in [-0.2, 0) is 0 Å². The van der Waals surface area contributed by atoms with Crippen molar-refractivity contribution in [3.63, 3.8) is 0 Å². The zero-order valence-electron chi connectivity index (χ0n) is 11.5. The Hall–Kier alpha value is -0.900. The van der Waals surface area contributed by atoms with E-state index in [1.54, 1.807) is 6.07 Å². The fourth-order valence-electron chi connectivity index (χ4n) is 3.89. The molecule has 2 nitrogen and oxygen atoms in total. The van der Waals surface area contributed by atoms with Crippen molar-refractivity contribution in [1.29, 1.82) is 0 Å². The lowest BCUT2D eigenvalue weighted by Gasteiger charge is -2.21. The van der Waals surface area contributed by atoms with Gasteiger partial charge < -0.3 is 4.74 Å². The molecule has 1 aromatic rings. The van der Waals surface area contributed by atoms with E-state index in [2.05, 4.69) is 15.9 Å². The van der Waals surface area contributed by atoms with Gasteiger partial charge in [-0.25, -0.2) is 4.39 Å². The van der Waals surface area contributed by atoms with Crippen LogP contribution in [0.3, 0.4) is 0 Å². The number of hydrogen-bond acceptors (Lipinski definition) is 2. The first-order chi connectivity index (χ1) is 9.58. The quantitative estimate of drug-likeness (QED) is 0.748. The van der Waals surface area contributed by atoms with Gasteiger partial charge in [0.05, 0.1) is 17.1 Å². The summed E-state index contributed by atoms with van der Waals surface area (Å²) < 4.78 is 19.0. The molecule has 0 saturated heterocycles. The molecule has 3 rings (SSSR count). The van der Waals surface area contributed by atoms with Crippen LogP contribution in [0.15, 0.2) is 16.6 Å². The van der Waals surface area contributed by atoms with Gasteiger partial charge in [0.2, 0.25) is 0 Å². The van der Waals surface area contributed by atoms with Gasteiger partial charge in [0, 0.05) is 12.5 Å². The molecule has 2 saturated carbocycles. The van der Waals surface area contributed by atoms with Gasteiger partial charge in [-0.05, 0) is 59.0 Å². The van der Waals surface area contributed by atoms with Crippen LogP contribution in [0.2, 0.25) is 0 Å². The van der Waals surface area contributed by atoms with Crippen LogP contribution in [0, 0.1) is 23.6 Å². The van der Waals surface area contributed by atoms with Crippen molar-refractivity contribution in [2.24, 2.45) is 17.8 Å². The van der Waals surface area contributed by atoms with E-state index in [9.17, 15) is 9.18 Å². The molecule has 3 atom stereocenters. The number of carbonyl (C=O) groups is 1. The van der Waals surface area contributed by atoms with Crippen molar-refractivity contribution in [3.05, 3.63) is 28.0 Å². The van der Waals surface area contributed by atoms with Crippen LogP contribution in [0.4, 0.5) is 4.39 Å². The molecule has 0 radical (unpaired) electrons. The molecule has 20 heavy (non-hydrogen) atoms. The fraction of sp³-hybridized carbons (Fsp3) is 0.562. The highest BCUT2D eigenvalue weighted by Crippen LogP contribution is 2.50. The maximum absolute atomic E-state index is 13.5. The third-order valence-corrected chi connectivity index (χ3v) is 5.48. The third kappa shape index (κ3) is 2.50. The molecule has 0 aliphatic heterocycles. The van der Waals surface area contributed by atoms with Crippen molar-refractivity contribution in [2.45, 2.75) is 32.1 Å². The van der Waals surface area contributed by atoms with E-state index in [1.807, 2.05) is 0 Å². The zero-order valence-corrected chi connectivity index (χ0v) is 13.1. The number of carbonyl (C=O) groups excluding carboxylic acids is 1. The van der Waals surface area contributed by atoms with Crippen molar-refractivity contribution >= 4 is 21.7 Å². The molecule has 4 heteroatoms. The Morgan fingerprint density at radius 3 is 2.80 bits per heavy atom. The predicted octanol–water partition coefficient (Wildman–Crippen LogP) is 4.61. The normalized spacial score (nSPS) is 27.9. The summed E-state index contributed by atoms with van der Waals surface area (Å²) in [5.41, 5.74) is 0.489. The van der Waals surface area contributed by atoms with E-state index in [0.29, 0.717) is 28.1 Å². The number of ketones is 1. The number of Topliss-reactive ketones (excluding diaryl/α,β-unsaturated/α-hetero) is 1. The summed E-state index contributed by atoms with van der Waals surface area (Å²) in [6, 6.07) is 2.82. The molecule has 2 aliphatic rings. The molecule has 2 bridgehead atoms. The lowest BCUT2D eigenvalue weighted by atomic mass is 9.84. The lowest BCUT2D eigenvalue weighted by Crippen LogP contribution is -2.16. The Labute approximate surface area is 126 Å². The van der Waals surface area contributed by atoms with Crippen LogP contribution in [-0.4, -0.2) is 12.9 Å². The van der Waals surface area contributed by atoms with E-state index >= 15 is 0 Å². The van der Waals surface area contributed by atoms with E-state index in [0.717, 1.165) is 11.8 Å². The molecule has 3 unspecified atom stereocenters. The number of fused-ring (bicyclic) bond motifs is 2. The fourth-order valence-corrected chi connectivity index (χ4v) is 4.23. The van der Waals surface area contributed by atoms with E-state index < -0.39 is 5.82 Å². The van der Waals surface area contributed by atoms with Crippen LogP contribution in [0.5, 0.6) is 5.75 Å². The highest BCUT2D eigenvalue weighted by Gasteiger charge is 2.40. The van der Waals surface area contributed by atoms with Gasteiger partial charge >= 0.3 is 0 Å². The molecule has 0 aromatic heterocycles. The number of hydrogen-bond donors (Lipinski definition) is 0. The SMILES string of the molecule is COc1cc(F)c(Br)cc1C(=O)CC1CC2CCC1C2. The summed E-state index contributed by atoms with van der Waals surface area (Å²) in [6.45, 7) is 0. The van der Waals surface area contributed by atoms with Crippen LogP contribution in [0.25, 0.3) is 0 Å². The molecule has 1 aromatic carbocycles. The Balaban J connectivity index is 1.78.